The Morgan fingerprint density at radius 2 is 1.88 bits per heavy atom. The van der Waals surface area contributed by atoms with Crippen molar-refractivity contribution in [3.8, 4) is 0 Å². The second-order valence-corrected chi connectivity index (χ2v) is 15.7. The van der Waals surface area contributed by atoms with Crippen molar-refractivity contribution in [1.82, 2.24) is 14.9 Å². The van der Waals surface area contributed by atoms with Gasteiger partial charge in [0.2, 0.25) is 5.95 Å². The quantitative estimate of drug-likeness (QED) is 0.439. The predicted octanol–water partition coefficient (Wildman–Crippen LogP) is 5.14. The highest BCUT2D eigenvalue weighted by molar-refractivity contribution is 8.18. The summed E-state index contributed by atoms with van der Waals surface area (Å²) >= 11 is 1.48. The van der Waals surface area contributed by atoms with E-state index in [-0.39, 0.29) is 11.9 Å². The van der Waals surface area contributed by atoms with Gasteiger partial charge in [-0.25, -0.2) is 9.97 Å². The second kappa shape index (κ2) is 7.64. The maximum Gasteiger partial charge on any atom is 0.263 e. The van der Waals surface area contributed by atoms with Crippen LogP contribution in [-0.2, 0) is 9.07 Å². The predicted molar refractivity (Wildman–Crippen MR) is 136 cm³/mol. The van der Waals surface area contributed by atoms with Crippen molar-refractivity contribution in [3.63, 3.8) is 0 Å². The molecular weight excluding hydrogens is 440 g/mol. The van der Waals surface area contributed by atoms with E-state index in [1.54, 1.807) is 29.9 Å². The van der Waals surface area contributed by atoms with Crippen LogP contribution in [0.15, 0.2) is 53.6 Å². The molecule has 0 spiro atoms. The van der Waals surface area contributed by atoms with E-state index < -0.39 is 9.07 Å². The van der Waals surface area contributed by atoms with Crippen LogP contribution in [0, 0.1) is 0 Å². The molecule has 0 radical (unpaired) electrons. The van der Waals surface area contributed by atoms with Crippen LogP contribution in [0.5, 0.6) is 0 Å². The lowest BCUT2D eigenvalue weighted by molar-refractivity contribution is 0.0760. The minimum atomic E-state index is -2.87. The Morgan fingerprint density at radius 3 is 2.56 bits per heavy atom. The summed E-state index contributed by atoms with van der Waals surface area (Å²) in [7, 11) is -1.05. The summed E-state index contributed by atoms with van der Waals surface area (Å²) in [5, 5.41) is 5.08. The molecule has 0 aliphatic heterocycles. The Hall–Kier alpha value is -2.84. The highest BCUT2D eigenvalue weighted by Gasteiger charge is 2.21. The summed E-state index contributed by atoms with van der Waals surface area (Å²) in [5.41, 5.74) is 1.57. The van der Waals surface area contributed by atoms with Crippen molar-refractivity contribution >= 4 is 58.9 Å². The van der Waals surface area contributed by atoms with Crippen molar-refractivity contribution in [3.05, 3.63) is 53.5 Å². The highest BCUT2D eigenvalue weighted by Crippen LogP contribution is 2.33. The van der Waals surface area contributed by atoms with Gasteiger partial charge in [0.1, 0.15) is 0 Å². The van der Waals surface area contributed by atoms with E-state index in [1.807, 2.05) is 63.4 Å². The molecule has 32 heavy (non-hydrogen) atoms. The third kappa shape index (κ3) is 4.38. The third-order valence-corrected chi connectivity index (χ3v) is 8.40. The molecule has 0 bridgehead atoms. The molecule has 168 valence electrons. The van der Waals surface area contributed by atoms with E-state index in [0.717, 1.165) is 31.6 Å². The smallest absolute Gasteiger partial charge is 0.263 e. The Bertz CT molecular complexity index is 1410. The first-order valence-corrected chi connectivity index (χ1v) is 14.3. The number of carbonyl (C=O) groups is 1. The molecule has 2 heterocycles. The van der Waals surface area contributed by atoms with E-state index in [4.69, 9.17) is 4.98 Å². The Balaban J connectivity index is 1.74. The summed E-state index contributed by atoms with van der Waals surface area (Å²) in [5.74, 6) is 0.461. The molecule has 0 saturated heterocycles. The van der Waals surface area contributed by atoms with Crippen LogP contribution >= 0.6 is 11.3 Å². The van der Waals surface area contributed by atoms with Gasteiger partial charge in [-0.1, -0.05) is 15.1 Å². The van der Waals surface area contributed by atoms with E-state index in [0.29, 0.717) is 10.8 Å². The molecule has 4 aromatic rings. The molecule has 0 atom stereocenters. The van der Waals surface area contributed by atoms with Gasteiger partial charge in [0.05, 0.1) is 10.4 Å². The molecule has 0 fully saturated rings. The van der Waals surface area contributed by atoms with E-state index in [9.17, 15) is 9.00 Å². The van der Waals surface area contributed by atoms with Crippen molar-refractivity contribution in [2.75, 3.05) is 31.1 Å². The number of carbonyl (C=O) groups excluding carboxylic acids is 1. The fourth-order valence-electron chi connectivity index (χ4n) is 3.32. The Labute approximate surface area is 192 Å². The first-order valence-electron chi connectivity index (χ1n) is 10.3. The van der Waals surface area contributed by atoms with Gasteiger partial charge in [-0.3, -0.25) is 9.00 Å². The first-order chi connectivity index (χ1) is 14.9. The molecule has 1 N–H and O–H groups in total. The average molecular weight is 469 g/mol. The van der Waals surface area contributed by atoms with Crippen molar-refractivity contribution < 1.29 is 9.00 Å². The first kappa shape index (κ1) is 22.4. The lowest BCUT2D eigenvalue weighted by Gasteiger charge is -2.29. The third-order valence-electron chi connectivity index (χ3n) is 5.45. The molecule has 2 aromatic carbocycles. The molecule has 2 aromatic heterocycles. The zero-order valence-electron chi connectivity index (χ0n) is 19.2. The van der Waals surface area contributed by atoms with E-state index in [1.165, 1.54) is 11.3 Å². The van der Waals surface area contributed by atoms with Crippen molar-refractivity contribution in [2.24, 2.45) is 0 Å². The second-order valence-electron chi connectivity index (χ2n) is 9.30. The summed E-state index contributed by atoms with van der Waals surface area (Å²) in [6.45, 7) is 3.99. The molecule has 0 unspecified atom stereocenters. The molecule has 8 heteroatoms. The molecule has 6 nitrogen and oxygen atoms in total. The maximum absolute atomic E-state index is 13.0. The van der Waals surface area contributed by atoms with Crippen LogP contribution in [0.4, 0.5) is 11.6 Å². The summed E-state index contributed by atoms with van der Waals surface area (Å²) in [6.07, 6.45) is 7.09. The zero-order chi connectivity index (χ0) is 23.3. The topological polar surface area (TPSA) is 75.2 Å². The molecule has 0 aliphatic carbocycles. The number of fused-ring (bicyclic) bond motifs is 3. The van der Waals surface area contributed by atoms with Crippen molar-refractivity contribution in [1.29, 1.82) is 0 Å². The SMILES string of the molecule is CC(C)N(C)C(=O)c1cc2c(ccc3cnc(Nc4cccc(S(C)(C)(C)=O)c4)nc32)s1. The normalized spacial score (nSPS) is 13.3. The maximum atomic E-state index is 13.0. The van der Waals surface area contributed by atoms with Gasteiger partial charge in [0.15, 0.2) is 0 Å². The minimum Gasteiger partial charge on any atom is -0.339 e. The number of hydrogen-bond acceptors (Lipinski definition) is 6. The van der Waals surface area contributed by atoms with Crippen LogP contribution in [0.3, 0.4) is 0 Å². The van der Waals surface area contributed by atoms with E-state index in [2.05, 4.69) is 10.3 Å². The molecule has 1 amide bonds. The van der Waals surface area contributed by atoms with Gasteiger partial charge >= 0.3 is 0 Å². The van der Waals surface area contributed by atoms with Crippen LogP contribution in [-0.4, -0.2) is 56.8 Å². The number of rotatable bonds is 5. The number of nitrogens with zero attached hydrogens (tertiary/aromatic N) is 3. The molecule has 4 rings (SSSR count). The largest absolute Gasteiger partial charge is 0.339 e. The van der Waals surface area contributed by atoms with Crippen LogP contribution in [0.25, 0.3) is 21.0 Å². The van der Waals surface area contributed by atoms with Crippen LogP contribution in [0.1, 0.15) is 23.5 Å². The molecule has 0 saturated carbocycles. The Kier molecular flexibility index (Phi) is 5.33. The van der Waals surface area contributed by atoms with Crippen LogP contribution < -0.4 is 5.32 Å². The lowest BCUT2D eigenvalue weighted by Crippen LogP contribution is -2.32. The van der Waals surface area contributed by atoms with Gasteiger partial charge < -0.3 is 10.2 Å². The monoisotopic (exact) mass is 468 g/mol. The number of benzene rings is 2. The van der Waals surface area contributed by atoms with Crippen molar-refractivity contribution in [2.45, 2.75) is 24.8 Å². The number of thiophene rings is 1. The standard InChI is InChI=1S/C24H28N4O2S2/c1-15(2)28(3)23(29)21-13-19-20(31-21)11-10-16-14-25-24(27-22(16)19)26-17-8-7-9-18(12-17)32(4,5,6)30/h7-15H,1-6H3,(H,25,26,27). The van der Waals surface area contributed by atoms with E-state index >= 15 is 0 Å². The summed E-state index contributed by atoms with van der Waals surface area (Å²) in [4.78, 5) is 25.2. The van der Waals surface area contributed by atoms with Gasteiger partial charge in [0, 0.05) is 45.3 Å². The van der Waals surface area contributed by atoms with Crippen LogP contribution in [0.2, 0.25) is 0 Å². The fraction of sp³-hybridized carbons (Fsp3) is 0.292. The number of nitrogens with one attached hydrogen (secondary N) is 1. The number of aromatic nitrogens is 2. The number of anilines is 2. The highest BCUT2D eigenvalue weighted by atomic mass is 32.3. The number of hydrogen-bond donors (Lipinski definition) is 1. The van der Waals surface area contributed by atoms with Gasteiger partial charge in [-0.2, -0.15) is 0 Å². The average Bonchev–Trinajstić information content (AvgIpc) is 3.16. The van der Waals surface area contributed by atoms with Gasteiger partial charge in [-0.15, -0.1) is 11.3 Å². The lowest BCUT2D eigenvalue weighted by atomic mass is 10.1. The molecule has 0 aliphatic rings. The number of amides is 1. The zero-order valence-corrected chi connectivity index (χ0v) is 20.8. The van der Waals surface area contributed by atoms with Gasteiger partial charge in [0.25, 0.3) is 5.91 Å². The minimum absolute atomic E-state index is 0.00976. The summed E-state index contributed by atoms with van der Waals surface area (Å²) < 4.78 is 14.0. The fourth-order valence-corrected chi connectivity index (χ4v) is 5.44. The Morgan fingerprint density at radius 1 is 1.12 bits per heavy atom. The summed E-state index contributed by atoms with van der Waals surface area (Å²) in [6, 6.07) is 13.6. The van der Waals surface area contributed by atoms with Gasteiger partial charge in [-0.05, 0) is 69.0 Å². The molecular formula is C24H28N4O2S2.